The molecular weight excluding hydrogens is 318 g/mol. The van der Waals surface area contributed by atoms with Crippen LogP contribution < -0.4 is 10.1 Å². The summed E-state index contributed by atoms with van der Waals surface area (Å²) in [6, 6.07) is 6.47. The smallest absolute Gasteiger partial charge is 0.318 e. The van der Waals surface area contributed by atoms with Crippen LogP contribution in [0.2, 0.25) is 5.02 Å². The second kappa shape index (κ2) is 7.55. The number of benzene rings is 1. The molecule has 1 aliphatic heterocycles. The quantitative estimate of drug-likeness (QED) is 0.912. The van der Waals surface area contributed by atoms with E-state index < -0.39 is 6.04 Å². The molecule has 0 radical (unpaired) electrons. The van der Waals surface area contributed by atoms with Gasteiger partial charge in [0.05, 0.1) is 11.6 Å². The van der Waals surface area contributed by atoms with E-state index in [-0.39, 0.29) is 18.0 Å². The number of para-hydroxylation sites is 1. The Morgan fingerprint density at radius 1 is 1.39 bits per heavy atom. The Kier molecular flexibility index (Phi) is 5.71. The number of rotatable bonds is 4. The molecule has 1 aromatic rings. The summed E-state index contributed by atoms with van der Waals surface area (Å²) in [7, 11) is 3.32. The highest BCUT2D eigenvalue weighted by Gasteiger charge is 2.29. The van der Waals surface area contributed by atoms with Gasteiger partial charge in [0.1, 0.15) is 17.9 Å². The third-order valence-corrected chi connectivity index (χ3v) is 4.03. The summed E-state index contributed by atoms with van der Waals surface area (Å²) in [5.41, 5.74) is 0. The van der Waals surface area contributed by atoms with Gasteiger partial charge in [0.25, 0.3) is 0 Å². The highest BCUT2D eigenvalue weighted by atomic mass is 35.5. The maximum Gasteiger partial charge on any atom is 0.318 e. The van der Waals surface area contributed by atoms with E-state index in [4.69, 9.17) is 16.3 Å². The average Bonchev–Trinajstić information content (AvgIpc) is 2.97. The van der Waals surface area contributed by atoms with E-state index in [0.29, 0.717) is 23.9 Å². The monoisotopic (exact) mass is 339 g/mol. The van der Waals surface area contributed by atoms with E-state index in [9.17, 15) is 9.59 Å². The summed E-state index contributed by atoms with van der Waals surface area (Å²) in [5, 5.41) is 3.27. The average molecular weight is 340 g/mol. The Labute approximate surface area is 141 Å². The van der Waals surface area contributed by atoms with Gasteiger partial charge in [-0.05, 0) is 19.1 Å². The fraction of sp³-hybridized carbons (Fsp3) is 0.500. The number of likely N-dealkylation sites (N-methyl/N-ethyl adjacent to an activating group) is 1. The summed E-state index contributed by atoms with van der Waals surface area (Å²) in [6.07, 6.45) is 0.634. The molecule has 3 amide bonds. The number of hydrogen-bond acceptors (Lipinski definition) is 3. The molecule has 0 saturated carbocycles. The Morgan fingerprint density at radius 2 is 2.09 bits per heavy atom. The zero-order chi connectivity index (χ0) is 17.0. The Hall–Kier alpha value is -1.95. The van der Waals surface area contributed by atoms with Crippen LogP contribution in [0.1, 0.15) is 13.3 Å². The second-order valence-electron chi connectivity index (χ2n) is 5.81. The molecule has 1 N–H and O–H groups in total. The molecule has 2 atom stereocenters. The SMILES string of the molecule is C[C@H](NC(=O)N1CC[C@H](Oc2ccccc2Cl)C1)C(=O)N(C)C. The van der Waals surface area contributed by atoms with Crippen LogP contribution in [-0.2, 0) is 4.79 Å². The van der Waals surface area contributed by atoms with Crippen molar-refractivity contribution in [3.8, 4) is 5.75 Å². The van der Waals surface area contributed by atoms with E-state index in [1.165, 1.54) is 4.90 Å². The molecule has 0 bridgehead atoms. The molecule has 1 aromatic carbocycles. The number of halogens is 1. The normalized spacial score (nSPS) is 18.4. The summed E-state index contributed by atoms with van der Waals surface area (Å²) in [4.78, 5) is 27.1. The minimum absolute atomic E-state index is 0.0968. The first-order chi connectivity index (χ1) is 10.9. The third kappa shape index (κ3) is 4.51. The summed E-state index contributed by atoms with van der Waals surface area (Å²) in [5.74, 6) is 0.485. The minimum atomic E-state index is -0.555. The van der Waals surface area contributed by atoms with Gasteiger partial charge in [-0.25, -0.2) is 4.79 Å². The molecule has 1 heterocycles. The van der Waals surface area contributed by atoms with Crippen molar-refractivity contribution in [2.24, 2.45) is 0 Å². The van der Waals surface area contributed by atoms with Crippen molar-refractivity contribution in [3.05, 3.63) is 29.3 Å². The lowest BCUT2D eigenvalue weighted by molar-refractivity contribution is -0.130. The number of urea groups is 1. The number of carbonyl (C=O) groups excluding carboxylic acids is 2. The molecule has 0 aliphatic carbocycles. The molecule has 0 aromatic heterocycles. The van der Waals surface area contributed by atoms with Gasteiger partial charge in [-0.15, -0.1) is 0 Å². The second-order valence-corrected chi connectivity index (χ2v) is 6.22. The van der Waals surface area contributed by atoms with E-state index >= 15 is 0 Å². The molecule has 1 fully saturated rings. The van der Waals surface area contributed by atoms with Crippen molar-refractivity contribution in [1.29, 1.82) is 0 Å². The predicted molar refractivity (Wildman–Crippen MR) is 88.7 cm³/mol. The number of carbonyl (C=O) groups is 2. The summed E-state index contributed by atoms with van der Waals surface area (Å²) in [6.45, 7) is 2.73. The number of hydrogen-bond donors (Lipinski definition) is 1. The van der Waals surface area contributed by atoms with Crippen molar-refractivity contribution >= 4 is 23.5 Å². The molecule has 2 rings (SSSR count). The van der Waals surface area contributed by atoms with Gasteiger partial charge >= 0.3 is 6.03 Å². The van der Waals surface area contributed by atoms with Crippen molar-refractivity contribution < 1.29 is 14.3 Å². The van der Waals surface area contributed by atoms with Crippen LogP contribution in [0.5, 0.6) is 5.75 Å². The highest BCUT2D eigenvalue weighted by molar-refractivity contribution is 6.32. The number of ether oxygens (including phenoxy) is 1. The maximum atomic E-state index is 12.2. The van der Waals surface area contributed by atoms with Crippen molar-refractivity contribution in [2.75, 3.05) is 27.2 Å². The molecule has 1 aliphatic rings. The Morgan fingerprint density at radius 3 is 2.74 bits per heavy atom. The van der Waals surface area contributed by atoms with E-state index in [1.54, 1.807) is 32.0 Å². The number of likely N-dealkylation sites (tertiary alicyclic amines) is 1. The van der Waals surface area contributed by atoms with Crippen LogP contribution in [0, 0.1) is 0 Å². The molecule has 126 valence electrons. The van der Waals surface area contributed by atoms with Gasteiger partial charge in [0, 0.05) is 27.1 Å². The van der Waals surface area contributed by atoms with Crippen molar-refractivity contribution in [2.45, 2.75) is 25.5 Å². The molecule has 6 nitrogen and oxygen atoms in total. The first-order valence-corrected chi connectivity index (χ1v) is 7.94. The fourth-order valence-corrected chi connectivity index (χ4v) is 2.63. The van der Waals surface area contributed by atoms with E-state index in [0.717, 1.165) is 6.42 Å². The minimum Gasteiger partial charge on any atom is -0.487 e. The van der Waals surface area contributed by atoms with Crippen LogP contribution in [0.3, 0.4) is 0 Å². The number of nitrogens with zero attached hydrogens (tertiary/aromatic N) is 2. The zero-order valence-electron chi connectivity index (χ0n) is 13.6. The fourth-order valence-electron chi connectivity index (χ4n) is 2.45. The third-order valence-electron chi connectivity index (χ3n) is 3.71. The van der Waals surface area contributed by atoms with E-state index in [1.807, 2.05) is 18.2 Å². The molecule has 7 heteroatoms. The van der Waals surface area contributed by atoms with Gasteiger partial charge < -0.3 is 19.9 Å². The lowest BCUT2D eigenvalue weighted by atomic mass is 10.3. The lowest BCUT2D eigenvalue weighted by Crippen LogP contribution is -2.49. The molecular formula is C16H22ClN3O3. The van der Waals surface area contributed by atoms with Gasteiger partial charge in [-0.1, -0.05) is 23.7 Å². The molecule has 0 spiro atoms. The molecule has 23 heavy (non-hydrogen) atoms. The van der Waals surface area contributed by atoms with Crippen LogP contribution in [0.15, 0.2) is 24.3 Å². The molecule has 0 unspecified atom stereocenters. The zero-order valence-corrected chi connectivity index (χ0v) is 14.3. The number of nitrogens with one attached hydrogen (secondary N) is 1. The van der Waals surface area contributed by atoms with Crippen molar-refractivity contribution in [3.63, 3.8) is 0 Å². The van der Waals surface area contributed by atoms with Crippen molar-refractivity contribution in [1.82, 2.24) is 15.1 Å². The van der Waals surface area contributed by atoms with Crippen LogP contribution >= 0.6 is 11.6 Å². The Bertz CT molecular complexity index is 579. The lowest BCUT2D eigenvalue weighted by Gasteiger charge is -2.22. The standard InChI is InChI=1S/C16H22ClN3O3/c1-11(15(21)19(2)3)18-16(22)20-9-8-12(10-20)23-14-7-5-4-6-13(14)17/h4-7,11-12H,8-10H2,1-3H3,(H,18,22)/t11-,12-/m0/s1. The molecule has 1 saturated heterocycles. The summed E-state index contributed by atoms with van der Waals surface area (Å²) >= 11 is 6.07. The first kappa shape index (κ1) is 17.4. The van der Waals surface area contributed by atoms with Gasteiger partial charge in [-0.3, -0.25) is 4.79 Å². The van der Waals surface area contributed by atoms with Gasteiger partial charge in [0.2, 0.25) is 5.91 Å². The largest absolute Gasteiger partial charge is 0.487 e. The van der Waals surface area contributed by atoms with E-state index in [2.05, 4.69) is 5.32 Å². The predicted octanol–water partition coefficient (Wildman–Crippen LogP) is 1.98. The first-order valence-electron chi connectivity index (χ1n) is 7.56. The maximum absolute atomic E-state index is 12.2. The topological polar surface area (TPSA) is 61.9 Å². The van der Waals surface area contributed by atoms with Gasteiger partial charge in [-0.2, -0.15) is 0 Å². The van der Waals surface area contributed by atoms with Gasteiger partial charge in [0.15, 0.2) is 0 Å². The Balaban J connectivity index is 1.86. The number of amides is 3. The van der Waals surface area contributed by atoms with Crippen LogP contribution in [-0.4, -0.2) is 61.1 Å². The summed E-state index contributed by atoms with van der Waals surface area (Å²) < 4.78 is 5.85. The van der Waals surface area contributed by atoms with Crippen LogP contribution in [0.4, 0.5) is 4.79 Å². The van der Waals surface area contributed by atoms with Crippen LogP contribution in [0.25, 0.3) is 0 Å². The highest BCUT2D eigenvalue weighted by Crippen LogP contribution is 2.26.